The number of hydrogen-bond acceptors (Lipinski definition) is 4. The SMILES string of the molecule is O=S(=O)(Cl)CC1(COCc2ccccc2F)CCOCC1. The first-order chi connectivity index (χ1) is 9.90. The van der Waals surface area contributed by atoms with Crippen LogP contribution in [-0.4, -0.2) is 34.0 Å². The fourth-order valence-electron chi connectivity index (χ4n) is 2.49. The van der Waals surface area contributed by atoms with Gasteiger partial charge >= 0.3 is 0 Å². The van der Waals surface area contributed by atoms with Gasteiger partial charge in [0.05, 0.1) is 19.0 Å². The number of rotatable bonds is 6. The molecule has 0 radical (unpaired) electrons. The van der Waals surface area contributed by atoms with Crippen molar-refractivity contribution in [2.45, 2.75) is 19.4 Å². The Bertz CT molecular complexity index is 570. The highest BCUT2D eigenvalue weighted by Crippen LogP contribution is 2.33. The Morgan fingerprint density at radius 2 is 1.95 bits per heavy atom. The average Bonchev–Trinajstić information content (AvgIpc) is 2.40. The van der Waals surface area contributed by atoms with E-state index in [9.17, 15) is 12.8 Å². The Balaban J connectivity index is 1.98. The zero-order valence-electron chi connectivity index (χ0n) is 11.6. The van der Waals surface area contributed by atoms with E-state index in [1.54, 1.807) is 18.2 Å². The van der Waals surface area contributed by atoms with Gasteiger partial charge in [-0.15, -0.1) is 0 Å². The summed E-state index contributed by atoms with van der Waals surface area (Å²) in [5.74, 6) is -0.481. The van der Waals surface area contributed by atoms with Gasteiger partial charge in [-0.25, -0.2) is 12.8 Å². The molecule has 0 unspecified atom stereocenters. The standard InChI is InChI=1S/C14H18ClFO4S/c15-21(17,18)11-14(5-7-19-8-6-14)10-20-9-12-3-1-2-4-13(12)16/h1-4H,5-11H2. The van der Waals surface area contributed by atoms with Crippen LogP contribution in [0.25, 0.3) is 0 Å². The molecular weight excluding hydrogens is 319 g/mol. The van der Waals surface area contributed by atoms with E-state index in [0.717, 1.165) is 0 Å². The molecule has 0 atom stereocenters. The van der Waals surface area contributed by atoms with Gasteiger partial charge in [-0.05, 0) is 18.9 Å². The fraction of sp³-hybridized carbons (Fsp3) is 0.571. The minimum Gasteiger partial charge on any atom is -0.381 e. The van der Waals surface area contributed by atoms with Gasteiger partial charge in [0.25, 0.3) is 0 Å². The molecular formula is C14H18ClFO4S. The van der Waals surface area contributed by atoms with Crippen molar-refractivity contribution in [1.29, 1.82) is 0 Å². The Morgan fingerprint density at radius 3 is 2.57 bits per heavy atom. The summed E-state index contributed by atoms with van der Waals surface area (Å²) in [6, 6.07) is 6.35. The van der Waals surface area contributed by atoms with Crippen molar-refractivity contribution in [2.75, 3.05) is 25.6 Å². The molecule has 1 aliphatic rings. The van der Waals surface area contributed by atoms with E-state index in [0.29, 0.717) is 31.6 Å². The van der Waals surface area contributed by atoms with Gasteiger partial charge in [0.2, 0.25) is 9.05 Å². The maximum atomic E-state index is 13.5. The Kier molecular flexibility index (Phi) is 5.60. The Morgan fingerprint density at radius 1 is 1.29 bits per heavy atom. The van der Waals surface area contributed by atoms with Crippen molar-refractivity contribution >= 4 is 19.7 Å². The van der Waals surface area contributed by atoms with Gasteiger partial charge in [-0.2, -0.15) is 0 Å². The summed E-state index contributed by atoms with van der Waals surface area (Å²) in [6.45, 7) is 1.29. The topological polar surface area (TPSA) is 52.6 Å². The summed E-state index contributed by atoms with van der Waals surface area (Å²) in [4.78, 5) is 0. The second-order valence-corrected chi connectivity index (χ2v) is 8.16. The van der Waals surface area contributed by atoms with E-state index in [-0.39, 0.29) is 24.8 Å². The van der Waals surface area contributed by atoms with Gasteiger partial charge < -0.3 is 9.47 Å². The maximum absolute atomic E-state index is 13.5. The van der Waals surface area contributed by atoms with Crippen LogP contribution in [0.3, 0.4) is 0 Å². The van der Waals surface area contributed by atoms with Gasteiger partial charge in [-0.1, -0.05) is 18.2 Å². The molecule has 0 spiro atoms. The highest BCUT2D eigenvalue weighted by atomic mass is 35.7. The van der Waals surface area contributed by atoms with Crippen molar-refractivity contribution < 1.29 is 22.3 Å². The molecule has 0 aliphatic carbocycles. The molecule has 0 bridgehead atoms. The van der Waals surface area contributed by atoms with Crippen LogP contribution in [0.5, 0.6) is 0 Å². The minimum atomic E-state index is -3.62. The van der Waals surface area contributed by atoms with E-state index in [1.807, 2.05) is 0 Å². The van der Waals surface area contributed by atoms with E-state index >= 15 is 0 Å². The third kappa shape index (κ3) is 5.21. The summed E-state index contributed by atoms with van der Waals surface area (Å²) < 4.78 is 47.1. The van der Waals surface area contributed by atoms with Crippen molar-refractivity contribution in [3.8, 4) is 0 Å². The molecule has 118 valence electrons. The zero-order chi connectivity index (χ0) is 15.3. The molecule has 1 heterocycles. The van der Waals surface area contributed by atoms with Crippen LogP contribution in [-0.2, 0) is 25.1 Å². The van der Waals surface area contributed by atoms with Crippen LogP contribution >= 0.6 is 10.7 Å². The number of ether oxygens (including phenoxy) is 2. The highest BCUT2D eigenvalue weighted by molar-refractivity contribution is 8.13. The van der Waals surface area contributed by atoms with Crippen molar-refractivity contribution in [2.24, 2.45) is 5.41 Å². The van der Waals surface area contributed by atoms with Crippen LogP contribution in [0.1, 0.15) is 18.4 Å². The molecule has 0 aromatic heterocycles. The van der Waals surface area contributed by atoms with E-state index in [4.69, 9.17) is 20.2 Å². The third-order valence-electron chi connectivity index (χ3n) is 3.66. The molecule has 0 N–H and O–H groups in total. The maximum Gasteiger partial charge on any atom is 0.233 e. The van der Waals surface area contributed by atoms with Crippen molar-refractivity contribution in [3.63, 3.8) is 0 Å². The predicted molar refractivity (Wildman–Crippen MR) is 78.2 cm³/mol. The van der Waals surface area contributed by atoms with Crippen molar-refractivity contribution in [3.05, 3.63) is 35.6 Å². The quantitative estimate of drug-likeness (QED) is 0.749. The van der Waals surface area contributed by atoms with E-state index in [2.05, 4.69) is 0 Å². The van der Waals surface area contributed by atoms with E-state index in [1.165, 1.54) is 6.07 Å². The first kappa shape index (κ1) is 16.7. The van der Waals surface area contributed by atoms with Crippen molar-refractivity contribution in [1.82, 2.24) is 0 Å². The predicted octanol–water partition coefficient (Wildman–Crippen LogP) is 2.71. The lowest BCUT2D eigenvalue weighted by Gasteiger charge is -2.35. The highest BCUT2D eigenvalue weighted by Gasteiger charge is 2.37. The average molecular weight is 337 g/mol. The summed E-state index contributed by atoms with van der Waals surface area (Å²) >= 11 is 0. The molecule has 7 heteroatoms. The second-order valence-electron chi connectivity index (χ2n) is 5.38. The lowest BCUT2D eigenvalue weighted by molar-refractivity contribution is -0.0327. The van der Waals surface area contributed by atoms with Gasteiger partial charge in [-0.3, -0.25) is 0 Å². The van der Waals surface area contributed by atoms with Crippen LogP contribution in [0, 0.1) is 11.2 Å². The molecule has 2 rings (SSSR count). The summed E-state index contributed by atoms with van der Waals surface area (Å²) in [6.07, 6.45) is 1.13. The second kappa shape index (κ2) is 7.05. The molecule has 1 saturated heterocycles. The molecule has 4 nitrogen and oxygen atoms in total. The fourth-order valence-corrected chi connectivity index (χ4v) is 4.29. The van der Waals surface area contributed by atoms with Crippen LogP contribution < -0.4 is 0 Å². The Hall–Kier alpha value is -0.690. The number of halogens is 2. The Labute approximate surface area is 128 Å². The third-order valence-corrected chi connectivity index (χ3v) is 4.94. The first-order valence-electron chi connectivity index (χ1n) is 6.72. The summed E-state index contributed by atoms with van der Waals surface area (Å²) in [7, 11) is 1.77. The summed E-state index contributed by atoms with van der Waals surface area (Å²) in [5, 5.41) is 0. The van der Waals surface area contributed by atoms with E-state index < -0.39 is 14.5 Å². The van der Waals surface area contributed by atoms with Gasteiger partial charge in [0.1, 0.15) is 5.82 Å². The molecule has 1 aliphatic heterocycles. The molecule has 1 aromatic rings. The molecule has 1 fully saturated rings. The number of hydrogen-bond donors (Lipinski definition) is 0. The monoisotopic (exact) mass is 336 g/mol. The largest absolute Gasteiger partial charge is 0.381 e. The molecule has 21 heavy (non-hydrogen) atoms. The molecule has 1 aromatic carbocycles. The lowest BCUT2D eigenvalue weighted by atomic mass is 9.83. The summed E-state index contributed by atoms with van der Waals surface area (Å²) in [5.41, 5.74) is -0.0992. The molecule has 0 saturated carbocycles. The van der Waals surface area contributed by atoms with Crippen LogP contribution in [0.4, 0.5) is 4.39 Å². The minimum absolute atomic E-state index is 0.109. The normalized spacial score (nSPS) is 18.6. The lowest BCUT2D eigenvalue weighted by Crippen LogP contribution is -2.39. The van der Waals surface area contributed by atoms with Crippen LogP contribution in [0.15, 0.2) is 24.3 Å². The van der Waals surface area contributed by atoms with Gasteiger partial charge in [0, 0.05) is 34.9 Å². The zero-order valence-corrected chi connectivity index (χ0v) is 13.1. The van der Waals surface area contributed by atoms with Crippen LogP contribution in [0.2, 0.25) is 0 Å². The van der Waals surface area contributed by atoms with Gasteiger partial charge in [0.15, 0.2) is 0 Å². The smallest absolute Gasteiger partial charge is 0.233 e. The number of benzene rings is 1. The molecule has 0 amide bonds. The first-order valence-corrected chi connectivity index (χ1v) is 9.19.